The molecule has 0 unspecified atom stereocenters. The second kappa shape index (κ2) is 4.06. The molecular weight excluding hydrogens is 229 g/mol. The highest BCUT2D eigenvalue weighted by Gasteiger charge is 2.07. The van der Waals surface area contributed by atoms with Crippen LogP contribution < -0.4 is 5.73 Å². The number of rotatable bonds is 1. The Labute approximate surface area is 97.1 Å². The van der Waals surface area contributed by atoms with Gasteiger partial charge in [-0.25, -0.2) is 14.4 Å². The average Bonchev–Trinajstić information content (AvgIpc) is 2.26. The van der Waals surface area contributed by atoms with Gasteiger partial charge in [-0.15, -0.1) is 0 Å². The molecule has 82 valence electrons. The monoisotopic (exact) mass is 237 g/mol. The number of benzene rings is 1. The number of nitrogens with two attached hydrogens (primary N) is 1. The van der Waals surface area contributed by atoms with Gasteiger partial charge in [-0.3, -0.25) is 0 Å². The molecular formula is C11H9ClFN3. The molecule has 2 aromatic rings. The normalized spacial score (nSPS) is 10.4. The predicted octanol–water partition coefficient (Wildman–Crippen LogP) is 2.83. The number of nitrogens with zero attached hydrogens (tertiary/aromatic N) is 2. The number of nitrogen functional groups attached to an aromatic ring is 1. The largest absolute Gasteiger partial charge is 0.368 e. The average molecular weight is 238 g/mol. The van der Waals surface area contributed by atoms with Gasteiger partial charge in [-0.2, -0.15) is 0 Å². The van der Waals surface area contributed by atoms with E-state index in [2.05, 4.69) is 9.97 Å². The van der Waals surface area contributed by atoms with E-state index in [1.807, 2.05) is 6.92 Å². The lowest BCUT2D eigenvalue weighted by Crippen LogP contribution is -1.98. The minimum absolute atomic E-state index is 0.0640. The van der Waals surface area contributed by atoms with E-state index in [1.165, 1.54) is 12.1 Å². The lowest BCUT2D eigenvalue weighted by atomic mass is 10.1. The Morgan fingerprint density at radius 3 is 2.81 bits per heavy atom. The van der Waals surface area contributed by atoms with Crippen molar-refractivity contribution < 1.29 is 4.39 Å². The molecule has 0 bridgehead atoms. The van der Waals surface area contributed by atoms with Crippen molar-refractivity contribution in [3.05, 3.63) is 40.8 Å². The summed E-state index contributed by atoms with van der Waals surface area (Å²) in [5.41, 5.74) is 7.74. The zero-order chi connectivity index (χ0) is 11.7. The third-order valence-electron chi connectivity index (χ3n) is 2.18. The topological polar surface area (TPSA) is 51.8 Å². The van der Waals surface area contributed by atoms with Crippen LogP contribution in [0.4, 0.5) is 10.3 Å². The molecule has 0 fully saturated rings. The third-order valence-corrected chi connectivity index (χ3v) is 2.47. The van der Waals surface area contributed by atoms with Crippen LogP contribution in [0.5, 0.6) is 0 Å². The standard InChI is InChI=1S/C11H9ClFN3/c1-6-5-15-11(14)16-10(6)7-2-3-9(13)8(12)4-7/h2-5H,1H3,(H2,14,15,16). The summed E-state index contributed by atoms with van der Waals surface area (Å²) < 4.78 is 13.0. The molecule has 1 heterocycles. The van der Waals surface area contributed by atoms with E-state index in [9.17, 15) is 4.39 Å². The summed E-state index contributed by atoms with van der Waals surface area (Å²) in [4.78, 5) is 7.96. The van der Waals surface area contributed by atoms with Gasteiger partial charge in [0.15, 0.2) is 0 Å². The molecule has 2 N–H and O–H groups in total. The Kier molecular flexibility index (Phi) is 2.75. The summed E-state index contributed by atoms with van der Waals surface area (Å²) in [6.45, 7) is 1.85. The lowest BCUT2D eigenvalue weighted by Gasteiger charge is -2.06. The molecule has 0 radical (unpaired) electrons. The minimum atomic E-state index is -0.454. The first kappa shape index (κ1) is 10.8. The Morgan fingerprint density at radius 1 is 1.38 bits per heavy atom. The molecule has 5 heteroatoms. The SMILES string of the molecule is Cc1cnc(N)nc1-c1ccc(F)c(Cl)c1. The summed E-state index contributed by atoms with van der Waals surface area (Å²) in [6, 6.07) is 4.43. The lowest BCUT2D eigenvalue weighted by molar-refractivity contribution is 0.628. The number of aryl methyl sites for hydroxylation is 1. The van der Waals surface area contributed by atoms with Gasteiger partial charge in [-0.05, 0) is 30.7 Å². The van der Waals surface area contributed by atoms with E-state index in [0.717, 1.165) is 11.1 Å². The molecule has 0 aliphatic carbocycles. The van der Waals surface area contributed by atoms with Gasteiger partial charge in [0, 0.05) is 11.8 Å². The van der Waals surface area contributed by atoms with E-state index in [-0.39, 0.29) is 11.0 Å². The molecule has 16 heavy (non-hydrogen) atoms. The molecule has 3 nitrogen and oxygen atoms in total. The summed E-state index contributed by atoms with van der Waals surface area (Å²) in [5.74, 6) is -0.272. The van der Waals surface area contributed by atoms with Crippen LogP contribution in [-0.4, -0.2) is 9.97 Å². The molecule has 0 saturated heterocycles. The molecule has 0 spiro atoms. The smallest absolute Gasteiger partial charge is 0.220 e. The maximum absolute atomic E-state index is 13.0. The fourth-order valence-corrected chi connectivity index (χ4v) is 1.57. The highest BCUT2D eigenvalue weighted by Crippen LogP contribution is 2.25. The van der Waals surface area contributed by atoms with Gasteiger partial charge >= 0.3 is 0 Å². The van der Waals surface area contributed by atoms with E-state index in [4.69, 9.17) is 17.3 Å². The molecule has 0 aliphatic rings. The number of hydrogen-bond donors (Lipinski definition) is 1. The summed E-state index contributed by atoms with van der Waals surface area (Å²) in [5, 5.41) is 0.0640. The first-order chi connectivity index (χ1) is 7.58. The van der Waals surface area contributed by atoms with Gasteiger partial charge in [0.2, 0.25) is 5.95 Å². The Balaban J connectivity index is 2.58. The second-order valence-corrected chi connectivity index (χ2v) is 3.80. The molecule has 1 aromatic heterocycles. The number of anilines is 1. The molecule has 0 saturated carbocycles. The van der Waals surface area contributed by atoms with Crippen LogP contribution in [0.25, 0.3) is 11.3 Å². The zero-order valence-electron chi connectivity index (χ0n) is 8.54. The van der Waals surface area contributed by atoms with E-state index >= 15 is 0 Å². The van der Waals surface area contributed by atoms with Crippen LogP contribution in [0.1, 0.15) is 5.56 Å². The van der Waals surface area contributed by atoms with Crippen molar-refractivity contribution in [1.29, 1.82) is 0 Å². The van der Waals surface area contributed by atoms with Crippen molar-refractivity contribution in [2.75, 3.05) is 5.73 Å². The maximum Gasteiger partial charge on any atom is 0.220 e. The van der Waals surface area contributed by atoms with Crippen LogP contribution in [0, 0.1) is 12.7 Å². The van der Waals surface area contributed by atoms with Crippen LogP contribution in [0.15, 0.2) is 24.4 Å². The Hall–Kier alpha value is -1.68. The van der Waals surface area contributed by atoms with E-state index in [1.54, 1.807) is 12.3 Å². The van der Waals surface area contributed by atoms with E-state index < -0.39 is 5.82 Å². The Bertz CT molecular complexity index is 543. The highest BCUT2D eigenvalue weighted by molar-refractivity contribution is 6.31. The fourth-order valence-electron chi connectivity index (χ4n) is 1.39. The highest BCUT2D eigenvalue weighted by atomic mass is 35.5. The molecule has 0 amide bonds. The summed E-state index contributed by atoms with van der Waals surface area (Å²) in [7, 11) is 0. The quantitative estimate of drug-likeness (QED) is 0.830. The van der Waals surface area contributed by atoms with Crippen molar-refractivity contribution >= 4 is 17.5 Å². The fraction of sp³-hybridized carbons (Fsp3) is 0.0909. The number of aromatic nitrogens is 2. The number of halogens is 2. The van der Waals surface area contributed by atoms with Crippen LogP contribution in [0.3, 0.4) is 0 Å². The van der Waals surface area contributed by atoms with Gasteiger partial charge in [0.25, 0.3) is 0 Å². The molecule has 0 atom stereocenters. The van der Waals surface area contributed by atoms with Crippen molar-refractivity contribution in [2.45, 2.75) is 6.92 Å². The number of hydrogen-bond acceptors (Lipinski definition) is 3. The van der Waals surface area contributed by atoms with Crippen molar-refractivity contribution in [1.82, 2.24) is 9.97 Å². The van der Waals surface area contributed by atoms with Crippen molar-refractivity contribution in [3.8, 4) is 11.3 Å². The van der Waals surface area contributed by atoms with Crippen LogP contribution >= 0.6 is 11.6 Å². The van der Waals surface area contributed by atoms with Crippen LogP contribution in [0.2, 0.25) is 5.02 Å². The first-order valence-corrected chi connectivity index (χ1v) is 5.00. The molecule has 0 aliphatic heterocycles. The first-order valence-electron chi connectivity index (χ1n) is 4.62. The third kappa shape index (κ3) is 1.97. The van der Waals surface area contributed by atoms with Gasteiger partial charge < -0.3 is 5.73 Å². The van der Waals surface area contributed by atoms with Gasteiger partial charge in [0.05, 0.1) is 10.7 Å². The predicted molar refractivity (Wildman–Crippen MR) is 61.6 cm³/mol. The zero-order valence-corrected chi connectivity index (χ0v) is 9.29. The Morgan fingerprint density at radius 2 is 2.12 bits per heavy atom. The van der Waals surface area contributed by atoms with Gasteiger partial charge in [-0.1, -0.05) is 11.6 Å². The second-order valence-electron chi connectivity index (χ2n) is 3.39. The molecule has 1 aromatic carbocycles. The van der Waals surface area contributed by atoms with Crippen molar-refractivity contribution in [3.63, 3.8) is 0 Å². The maximum atomic E-state index is 13.0. The summed E-state index contributed by atoms with van der Waals surface area (Å²) in [6.07, 6.45) is 1.62. The van der Waals surface area contributed by atoms with Gasteiger partial charge in [0.1, 0.15) is 5.82 Å². The molecule has 2 rings (SSSR count). The minimum Gasteiger partial charge on any atom is -0.368 e. The van der Waals surface area contributed by atoms with E-state index in [0.29, 0.717) is 5.69 Å². The van der Waals surface area contributed by atoms with Crippen LogP contribution in [-0.2, 0) is 0 Å². The van der Waals surface area contributed by atoms with Crippen molar-refractivity contribution in [2.24, 2.45) is 0 Å². The summed E-state index contributed by atoms with van der Waals surface area (Å²) >= 11 is 5.71.